The Bertz CT molecular complexity index is 496. The summed E-state index contributed by atoms with van der Waals surface area (Å²) in [5.41, 5.74) is 0.717. The van der Waals surface area contributed by atoms with Crippen molar-refractivity contribution < 1.29 is 5.11 Å². The molecule has 1 rings (SSSR count). The number of aromatic nitrogens is 1. The normalized spacial score (nSPS) is 11.8. The highest BCUT2D eigenvalue weighted by Crippen LogP contribution is 2.13. The molecule has 1 heterocycles. The van der Waals surface area contributed by atoms with Crippen molar-refractivity contribution >= 4 is 0 Å². The first-order valence-electron chi connectivity index (χ1n) is 8.48. The zero-order chi connectivity index (χ0) is 16.7. The Morgan fingerprint density at radius 1 is 1.18 bits per heavy atom. The number of hydrogen-bond acceptors (Lipinski definition) is 3. The summed E-state index contributed by atoms with van der Waals surface area (Å²) in [5, 5.41) is 9.70. The second-order valence-corrected chi connectivity index (χ2v) is 7.04. The van der Waals surface area contributed by atoms with Crippen molar-refractivity contribution in [1.29, 1.82) is 0 Å². The summed E-state index contributed by atoms with van der Waals surface area (Å²) in [6, 6.07) is 1.60. The molecule has 0 amide bonds. The van der Waals surface area contributed by atoms with Gasteiger partial charge >= 0.3 is 0 Å². The number of aromatic hydroxyl groups is 1. The summed E-state index contributed by atoms with van der Waals surface area (Å²) in [5.74, 6) is 1.03. The molecule has 1 aromatic heterocycles. The predicted molar refractivity (Wildman–Crippen MR) is 92.2 cm³/mol. The first-order chi connectivity index (χ1) is 10.3. The average Bonchev–Trinajstić information content (AvgIpc) is 2.39. The van der Waals surface area contributed by atoms with E-state index < -0.39 is 0 Å². The lowest BCUT2D eigenvalue weighted by molar-refractivity contribution is 0.206. The minimum absolute atomic E-state index is 0.154. The van der Waals surface area contributed by atoms with Crippen molar-refractivity contribution in [3.8, 4) is 5.75 Å². The smallest absolute Gasteiger partial charge is 0.223 e. The van der Waals surface area contributed by atoms with Crippen LogP contribution in [0.3, 0.4) is 0 Å². The molecule has 0 bridgehead atoms. The highest BCUT2D eigenvalue weighted by molar-refractivity contribution is 5.20. The van der Waals surface area contributed by atoms with Crippen LogP contribution in [0.25, 0.3) is 0 Å². The van der Waals surface area contributed by atoms with Crippen LogP contribution in [-0.2, 0) is 13.1 Å². The minimum Gasteiger partial charge on any atom is -0.503 e. The van der Waals surface area contributed by atoms with Gasteiger partial charge in [0.25, 0.3) is 0 Å². The van der Waals surface area contributed by atoms with Crippen molar-refractivity contribution in [3.05, 3.63) is 28.2 Å². The van der Waals surface area contributed by atoms with Gasteiger partial charge in [-0.3, -0.25) is 9.69 Å². The molecule has 0 radical (unpaired) electrons. The number of hydrogen-bond donors (Lipinski definition) is 1. The molecule has 0 saturated carbocycles. The molecule has 0 aliphatic carbocycles. The Hall–Kier alpha value is -1.29. The SMILES string of the molecule is CCCCn1cc(O)c(=O)cc1CN(CC(C)C)CC(C)C. The molecule has 0 fully saturated rings. The second-order valence-electron chi connectivity index (χ2n) is 7.04. The van der Waals surface area contributed by atoms with Crippen LogP contribution in [0.4, 0.5) is 0 Å². The van der Waals surface area contributed by atoms with Gasteiger partial charge in [0.1, 0.15) is 0 Å². The van der Waals surface area contributed by atoms with E-state index in [1.807, 2.05) is 4.57 Å². The summed E-state index contributed by atoms with van der Waals surface area (Å²) in [6.07, 6.45) is 3.73. The molecule has 0 spiro atoms. The first-order valence-corrected chi connectivity index (χ1v) is 8.48. The Morgan fingerprint density at radius 2 is 1.77 bits per heavy atom. The topological polar surface area (TPSA) is 45.5 Å². The summed E-state index contributed by atoms with van der Waals surface area (Å²) in [6.45, 7) is 14.6. The molecule has 126 valence electrons. The van der Waals surface area contributed by atoms with Crippen molar-refractivity contribution in [2.45, 2.75) is 60.5 Å². The van der Waals surface area contributed by atoms with Crippen LogP contribution in [0.2, 0.25) is 0 Å². The summed E-state index contributed by atoms with van der Waals surface area (Å²) >= 11 is 0. The molecule has 1 aromatic rings. The largest absolute Gasteiger partial charge is 0.503 e. The van der Waals surface area contributed by atoms with Crippen molar-refractivity contribution in [2.24, 2.45) is 11.8 Å². The Kier molecular flexibility index (Phi) is 7.66. The number of nitrogens with zero attached hydrogens (tertiary/aromatic N) is 2. The maximum atomic E-state index is 11.8. The summed E-state index contributed by atoms with van der Waals surface area (Å²) in [7, 11) is 0. The lowest BCUT2D eigenvalue weighted by Crippen LogP contribution is -2.32. The van der Waals surface area contributed by atoms with E-state index in [1.165, 1.54) is 0 Å². The number of pyridine rings is 1. The van der Waals surface area contributed by atoms with Crippen LogP contribution in [0.15, 0.2) is 17.1 Å². The van der Waals surface area contributed by atoms with E-state index in [2.05, 4.69) is 39.5 Å². The lowest BCUT2D eigenvalue weighted by atomic mass is 10.1. The maximum absolute atomic E-state index is 11.8. The quantitative estimate of drug-likeness (QED) is 0.760. The van der Waals surface area contributed by atoms with Gasteiger partial charge in [0.15, 0.2) is 5.75 Å². The second kappa shape index (κ2) is 8.99. The van der Waals surface area contributed by atoms with Gasteiger partial charge in [-0.2, -0.15) is 0 Å². The zero-order valence-electron chi connectivity index (χ0n) is 14.8. The summed E-state index contributed by atoms with van der Waals surface area (Å²) < 4.78 is 2.04. The van der Waals surface area contributed by atoms with E-state index >= 15 is 0 Å². The minimum atomic E-state index is -0.281. The molecular weight excluding hydrogens is 276 g/mol. The fourth-order valence-electron chi connectivity index (χ4n) is 2.74. The predicted octanol–water partition coefficient (Wildman–Crippen LogP) is 3.47. The van der Waals surface area contributed by atoms with Crippen LogP contribution >= 0.6 is 0 Å². The lowest BCUT2D eigenvalue weighted by Gasteiger charge is -2.27. The van der Waals surface area contributed by atoms with Crippen LogP contribution in [-0.4, -0.2) is 27.7 Å². The molecule has 0 aliphatic heterocycles. The maximum Gasteiger partial charge on any atom is 0.223 e. The molecule has 0 atom stereocenters. The Balaban J connectivity index is 3.00. The van der Waals surface area contributed by atoms with E-state index in [1.54, 1.807) is 12.3 Å². The van der Waals surface area contributed by atoms with Gasteiger partial charge in [0.05, 0.1) is 6.20 Å². The molecule has 0 aliphatic rings. The van der Waals surface area contributed by atoms with E-state index in [9.17, 15) is 9.90 Å². The third kappa shape index (κ3) is 6.22. The standard InChI is InChI=1S/C18H32N2O2/c1-6-7-8-20-13-18(22)17(21)9-16(20)12-19(10-14(2)3)11-15(4)5/h9,13-15,22H,6-8,10-12H2,1-5H3. The van der Waals surface area contributed by atoms with E-state index in [4.69, 9.17) is 0 Å². The van der Waals surface area contributed by atoms with Gasteiger partial charge in [0, 0.05) is 37.9 Å². The molecule has 4 heteroatoms. The zero-order valence-corrected chi connectivity index (χ0v) is 14.8. The summed E-state index contributed by atoms with van der Waals surface area (Å²) in [4.78, 5) is 14.2. The van der Waals surface area contributed by atoms with Crippen molar-refractivity contribution in [1.82, 2.24) is 9.47 Å². The van der Waals surface area contributed by atoms with E-state index in [0.29, 0.717) is 11.8 Å². The van der Waals surface area contributed by atoms with Gasteiger partial charge in [0.2, 0.25) is 5.43 Å². The molecule has 1 N–H and O–H groups in total. The molecular formula is C18H32N2O2. The average molecular weight is 308 g/mol. The highest BCUT2D eigenvalue weighted by atomic mass is 16.3. The Labute approximate surface area is 134 Å². The van der Waals surface area contributed by atoms with E-state index in [0.717, 1.165) is 44.7 Å². The molecule has 0 aromatic carbocycles. The van der Waals surface area contributed by atoms with Gasteiger partial charge < -0.3 is 9.67 Å². The number of rotatable bonds is 9. The van der Waals surface area contributed by atoms with Gasteiger partial charge in [-0.25, -0.2) is 0 Å². The van der Waals surface area contributed by atoms with Crippen molar-refractivity contribution in [3.63, 3.8) is 0 Å². The fraction of sp³-hybridized carbons (Fsp3) is 0.722. The highest BCUT2D eigenvalue weighted by Gasteiger charge is 2.13. The van der Waals surface area contributed by atoms with Crippen LogP contribution in [0.1, 0.15) is 53.2 Å². The number of unbranched alkanes of at least 4 members (excludes halogenated alkanes) is 1. The van der Waals surface area contributed by atoms with Gasteiger partial charge in [-0.05, 0) is 18.3 Å². The fourth-order valence-corrected chi connectivity index (χ4v) is 2.74. The molecule has 0 unspecified atom stereocenters. The van der Waals surface area contributed by atoms with Gasteiger partial charge in [-0.1, -0.05) is 41.0 Å². The third-order valence-corrected chi connectivity index (χ3v) is 3.58. The monoisotopic (exact) mass is 308 g/mol. The third-order valence-electron chi connectivity index (χ3n) is 3.58. The van der Waals surface area contributed by atoms with Crippen LogP contribution in [0, 0.1) is 11.8 Å². The first kappa shape index (κ1) is 18.8. The Morgan fingerprint density at radius 3 is 2.27 bits per heavy atom. The van der Waals surface area contributed by atoms with Crippen LogP contribution in [0.5, 0.6) is 5.75 Å². The molecule has 22 heavy (non-hydrogen) atoms. The van der Waals surface area contributed by atoms with Crippen molar-refractivity contribution in [2.75, 3.05) is 13.1 Å². The number of aryl methyl sites for hydroxylation is 1. The van der Waals surface area contributed by atoms with Gasteiger partial charge in [-0.15, -0.1) is 0 Å². The van der Waals surface area contributed by atoms with E-state index in [-0.39, 0.29) is 11.2 Å². The molecule has 0 saturated heterocycles. The molecule has 4 nitrogen and oxygen atoms in total. The van der Waals surface area contributed by atoms with Crippen LogP contribution < -0.4 is 5.43 Å².